The minimum Gasteiger partial charge on any atom is -0.346 e. The van der Waals surface area contributed by atoms with Gasteiger partial charge in [0, 0.05) is 28.3 Å². The van der Waals surface area contributed by atoms with Crippen LogP contribution in [0.4, 0.5) is 5.69 Å². The molecule has 3 aromatic rings. The monoisotopic (exact) mass is 368 g/mol. The van der Waals surface area contributed by atoms with Crippen molar-refractivity contribution >= 4 is 38.4 Å². The molecular weight excluding hydrogens is 356 g/mol. The molecule has 4 rings (SSSR count). The van der Waals surface area contributed by atoms with Crippen molar-refractivity contribution in [2.75, 3.05) is 5.32 Å². The maximum atomic E-state index is 12.7. The van der Waals surface area contributed by atoms with Gasteiger partial charge in [-0.3, -0.25) is 9.59 Å². The highest BCUT2D eigenvalue weighted by Crippen LogP contribution is 2.24. The van der Waals surface area contributed by atoms with Crippen molar-refractivity contribution < 1.29 is 4.79 Å². The molecule has 1 aliphatic rings. The fourth-order valence-corrected chi connectivity index (χ4v) is 3.31. The molecule has 0 saturated carbocycles. The summed E-state index contributed by atoms with van der Waals surface area (Å²) in [7, 11) is 0. The minimum atomic E-state index is -0.375. The Hall–Kier alpha value is -2.40. The first-order chi connectivity index (χ1) is 11.1. The molecule has 0 fully saturated rings. The predicted molar refractivity (Wildman–Crippen MR) is 94.0 cm³/mol. The van der Waals surface area contributed by atoms with Gasteiger partial charge in [0.25, 0.3) is 5.91 Å². The van der Waals surface area contributed by atoms with Gasteiger partial charge in [0.05, 0.1) is 5.52 Å². The normalized spacial score (nSPS) is 12.6. The second-order valence-corrected chi connectivity index (χ2v) is 6.51. The van der Waals surface area contributed by atoms with Crippen molar-refractivity contribution in [3.8, 4) is 0 Å². The third-order valence-electron chi connectivity index (χ3n) is 4.15. The summed E-state index contributed by atoms with van der Waals surface area (Å²) in [6.45, 7) is 0.800. The van der Waals surface area contributed by atoms with E-state index in [0.717, 1.165) is 23.0 Å². The first-order valence-corrected chi connectivity index (χ1v) is 8.15. The summed E-state index contributed by atoms with van der Waals surface area (Å²) >= 11 is 3.35. The van der Waals surface area contributed by atoms with E-state index in [4.69, 9.17) is 0 Å². The van der Waals surface area contributed by atoms with Crippen LogP contribution in [-0.4, -0.2) is 10.5 Å². The van der Waals surface area contributed by atoms with Crippen LogP contribution >= 0.6 is 15.9 Å². The van der Waals surface area contributed by atoms with Crippen molar-refractivity contribution in [1.29, 1.82) is 0 Å². The molecule has 2 heterocycles. The summed E-state index contributed by atoms with van der Waals surface area (Å²) in [6.07, 6.45) is 2.57. The minimum absolute atomic E-state index is 0.180. The van der Waals surface area contributed by atoms with E-state index in [1.54, 1.807) is 24.4 Å². The second kappa shape index (κ2) is 5.35. The standard InChI is InChI=1S/C18H13BrN2O2/c19-12-4-6-13(7-5-12)20-18(23)15-10-21-9-8-11-2-1-3-14(16(11)21)17(15)22/h1-7,10H,8-9H2,(H,20,23). The summed E-state index contributed by atoms with van der Waals surface area (Å²) in [6, 6.07) is 13.0. The lowest BCUT2D eigenvalue weighted by atomic mass is 10.1. The van der Waals surface area contributed by atoms with Gasteiger partial charge in [-0.25, -0.2) is 0 Å². The third kappa shape index (κ3) is 2.37. The molecule has 0 saturated heterocycles. The number of anilines is 1. The Morgan fingerprint density at radius 3 is 2.70 bits per heavy atom. The molecule has 5 heteroatoms. The Kier molecular flexibility index (Phi) is 3.31. The largest absolute Gasteiger partial charge is 0.346 e. The van der Waals surface area contributed by atoms with Crippen molar-refractivity contribution in [3.63, 3.8) is 0 Å². The summed E-state index contributed by atoms with van der Waals surface area (Å²) in [5.41, 5.74) is 2.75. The molecular formula is C18H13BrN2O2. The van der Waals surface area contributed by atoms with Gasteiger partial charge in [0.2, 0.25) is 5.43 Å². The number of amides is 1. The topological polar surface area (TPSA) is 51.1 Å². The van der Waals surface area contributed by atoms with E-state index in [9.17, 15) is 9.59 Å². The highest BCUT2D eigenvalue weighted by molar-refractivity contribution is 9.10. The van der Waals surface area contributed by atoms with E-state index in [2.05, 4.69) is 21.2 Å². The fraction of sp³-hybridized carbons (Fsp3) is 0.111. The number of benzene rings is 2. The molecule has 23 heavy (non-hydrogen) atoms. The van der Waals surface area contributed by atoms with Gasteiger partial charge in [0.1, 0.15) is 5.56 Å². The Morgan fingerprint density at radius 1 is 1.13 bits per heavy atom. The van der Waals surface area contributed by atoms with E-state index < -0.39 is 0 Å². The van der Waals surface area contributed by atoms with E-state index >= 15 is 0 Å². The van der Waals surface area contributed by atoms with E-state index in [1.807, 2.05) is 28.8 Å². The zero-order valence-corrected chi connectivity index (χ0v) is 13.8. The molecule has 0 radical (unpaired) electrons. The predicted octanol–water partition coefficient (Wildman–Crippen LogP) is 3.57. The van der Waals surface area contributed by atoms with Gasteiger partial charge in [-0.05, 0) is 42.3 Å². The van der Waals surface area contributed by atoms with Gasteiger partial charge < -0.3 is 9.88 Å². The lowest BCUT2D eigenvalue weighted by Crippen LogP contribution is -2.23. The molecule has 1 amide bonds. The SMILES string of the molecule is O=C(Nc1ccc(Br)cc1)c1cn2c3c(cccc3c1=O)CC2. The Balaban J connectivity index is 1.78. The van der Waals surface area contributed by atoms with E-state index in [1.165, 1.54) is 5.56 Å². The fourth-order valence-electron chi connectivity index (χ4n) is 3.05. The Morgan fingerprint density at radius 2 is 1.91 bits per heavy atom. The average molecular weight is 369 g/mol. The number of aryl methyl sites for hydroxylation is 2. The number of aromatic nitrogens is 1. The van der Waals surface area contributed by atoms with Crippen molar-refractivity contribution in [1.82, 2.24) is 4.57 Å². The van der Waals surface area contributed by atoms with Gasteiger partial charge in [-0.2, -0.15) is 0 Å². The molecule has 0 bridgehead atoms. The molecule has 1 N–H and O–H groups in total. The van der Waals surface area contributed by atoms with Crippen LogP contribution in [0.5, 0.6) is 0 Å². The van der Waals surface area contributed by atoms with Gasteiger partial charge in [0.15, 0.2) is 0 Å². The number of rotatable bonds is 2. The lowest BCUT2D eigenvalue weighted by molar-refractivity contribution is 0.102. The Bertz CT molecular complexity index is 990. The van der Waals surface area contributed by atoms with Gasteiger partial charge >= 0.3 is 0 Å². The van der Waals surface area contributed by atoms with Crippen LogP contribution in [0.15, 0.2) is 57.9 Å². The quantitative estimate of drug-likeness (QED) is 0.751. The van der Waals surface area contributed by atoms with Crippen LogP contribution in [0, 0.1) is 0 Å². The number of para-hydroxylation sites is 1. The zero-order valence-electron chi connectivity index (χ0n) is 12.2. The highest BCUT2D eigenvalue weighted by atomic mass is 79.9. The number of hydrogen-bond donors (Lipinski definition) is 1. The third-order valence-corrected chi connectivity index (χ3v) is 4.68. The first kappa shape index (κ1) is 14.2. The van der Waals surface area contributed by atoms with Crippen molar-refractivity contribution in [2.45, 2.75) is 13.0 Å². The van der Waals surface area contributed by atoms with E-state index in [0.29, 0.717) is 11.1 Å². The van der Waals surface area contributed by atoms with Crippen LogP contribution in [-0.2, 0) is 13.0 Å². The van der Waals surface area contributed by atoms with E-state index in [-0.39, 0.29) is 16.9 Å². The number of nitrogens with zero attached hydrogens (tertiary/aromatic N) is 1. The molecule has 0 aliphatic carbocycles. The Labute approximate surface area is 140 Å². The zero-order chi connectivity index (χ0) is 16.0. The first-order valence-electron chi connectivity index (χ1n) is 7.35. The molecule has 2 aromatic carbocycles. The summed E-state index contributed by atoms with van der Waals surface area (Å²) in [4.78, 5) is 25.2. The van der Waals surface area contributed by atoms with Crippen molar-refractivity contribution in [2.24, 2.45) is 0 Å². The highest BCUT2D eigenvalue weighted by Gasteiger charge is 2.20. The maximum absolute atomic E-state index is 12.7. The molecule has 1 aliphatic heterocycles. The molecule has 0 atom stereocenters. The second-order valence-electron chi connectivity index (χ2n) is 5.59. The molecule has 0 spiro atoms. The number of carbonyl (C=O) groups excluding carboxylic acids is 1. The number of pyridine rings is 1. The summed E-state index contributed by atoms with van der Waals surface area (Å²) < 4.78 is 2.93. The van der Waals surface area contributed by atoms with Crippen LogP contribution in [0.2, 0.25) is 0 Å². The van der Waals surface area contributed by atoms with Crippen molar-refractivity contribution in [3.05, 3.63) is 74.5 Å². The van der Waals surface area contributed by atoms with Crippen LogP contribution in [0.3, 0.4) is 0 Å². The number of carbonyl (C=O) groups is 1. The van der Waals surface area contributed by atoms with Crippen LogP contribution < -0.4 is 10.7 Å². The number of halogens is 1. The van der Waals surface area contributed by atoms with Crippen LogP contribution in [0.25, 0.3) is 10.9 Å². The maximum Gasteiger partial charge on any atom is 0.261 e. The molecule has 4 nitrogen and oxygen atoms in total. The van der Waals surface area contributed by atoms with Crippen LogP contribution in [0.1, 0.15) is 15.9 Å². The number of hydrogen-bond acceptors (Lipinski definition) is 2. The smallest absolute Gasteiger partial charge is 0.261 e. The summed E-state index contributed by atoms with van der Waals surface area (Å²) in [5, 5.41) is 3.40. The summed E-state index contributed by atoms with van der Waals surface area (Å²) in [5.74, 6) is -0.375. The molecule has 0 unspecified atom stereocenters. The van der Waals surface area contributed by atoms with Gasteiger partial charge in [-0.1, -0.05) is 28.1 Å². The lowest BCUT2D eigenvalue weighted by Gasteiger charge is -2.09. The number of nitrogens with one attached hydrogen (secondary N) is 1. The van der Waals surface area contributed by atoms with Gasteiger partial charge in [-0.15, -0.1) is 0 Å². The average Bonchev–Trinajstić information content (AvgIpc) is 2.97. The molecule has 114 valence electrons. The molecule has 1 aromatic heterocycles.